The monoisotopic (exact) mass is 205 g/mol. The van der Waals surface area contributed by atoms with E-state index >= 15 is 0 Å². The third-order valence-electron chi connectivity index (χ3n) is 2.34. The van der Waals surface area contributed by atoms with E-state index < -0.39 is 0 Å². The number of pyridine rings is 1. The van der Waals surface area contributed by atoms with Gasteiger partial charge in [0, 0.05) is 31.5 Å². The van der Waals surface area contributed by atoms with E-state index in [0.29, 0.717) is 6.54 Å². The van der Waals surface area contributed by atoms with Gasteiger partial charge in [-0.15, -0.1) is 0 Å². The Hall–Kier alpha value is -1.19. The molecule has 1 aromatic rings. The van der Waals surface area contributed by atoms with Crippen molar-refractivity contribution in [1.82, 2.24) is 10.3 Å². The van der Waals surface area contributed by atoms with Crippen LogP contribution in [0.5, 0.6) is 0 Å². The molecule has 0 saturated heterocycles. The third kappa shape index (κ3) is 3.46. The molecule has 1 heterocycles. The van der Waals surface area contributed by atoms with Crippen LogP contribution < -0.4 is 11.1 Å². The molecule has 15 heavy (non-hydrogen) atoms. The lowest BCUT2D eigenvalue weighted by molar-refractivity contribution is 0.565. The summed E-state index contributed by atoms with van der Waals surface area (Å²) in [5.74, 6) is 0. The number of nitrogens with zero attached hydrogens (tertiary/aromatic N) is 1. The zero-order valence-corrected chi connectivity index (χ0v) is 9.46. The Morgan fingerprint density at radius 2 is 2.40 bits per heavy atom. The van der Waals surface area contributed by atoms with Crippen LogP contribution in [0.25, 0.3) is 0 Å². The first-order chi connectivity index (χ1) is 7.15. The van der Waals surface area contributed by atoms with Crippen molar-refractivity contribution in [2.75, 3.05) is 13.1 Å². The lowest BCUT2D eigenvalue weighted by atomic mass is 10.0. The van der Waals surface area contributed by atoms with E-state index in [9.17, 15) is 0 Å². The number of aryl methyl sites for hydroxylation is 1. The number of nitrogens with one attached hydrogen (secondary N) is 1. The van der Waals surface area contributed by atoms with E-state index in [2.05, 4.69) is 23.8 Å². The Bertz CT molecular complexity index is 333. The van der Waals surface area contributed by atoms with Gasteiger partial charge in [-0.25, -0.2) is 0 Å². The maximum Gasteiger partial charge on any atom is 0.0465 e. The van der Waals surface area contributed by atoms with Crippen molar-refractivity contribution in [2.45, 2.75) is 19.9 Å². The summed E-state index contributed by atoms with van der Waals surface area (Å²) in [7, 11) is 0. The van der Waals surface area contributed by atoms with E-state index in [4.69, 9.17) is 5.73 Å². The average molecular weight is 205 g/mol. The van der Waals surface area contributed by atoms with Crippen molar-refractivity contribution < 1.29 is 0 Å². The van der Waals surface area contributed by atoms with Gasteiger partial charge in [-0.05, 0) is 31.0 Å². The maximum atomic E-state index is 5.74. The second kappa shape index (κ2) is 5.63. The molecule has 0 amide bonds. The molecule has 0 saturated carbocycles. The molecular weight excluding hydrogens is 186 g/mol. The lowest BCUT2D eigenvalue weighted by Crippen LogP contribution is -2.30. The third-order valence-corrected chi connectivity index (χ3v) is 2.34. The smallest absolute Gasteiger partial charge is 0.0465 e. The fraction of sp³-hybridized carbons (Fsp3) is 0.417. The Morgan fingerprint density at radius 1 is 1.67 bits per heavy atom. The van der Waals surface area contributed by atoms with Gasteiger partial charge in [0.25, 0.3) is 0 Å². The molecule has 82 valence electrons. The molecule has 3 heteroatoms. The quantitative estimate of drug-likeness (QED) is 0.717. The minimum atomic E-state index is 0.162. The van der Waals surface area contributed by atoms with Gasteiger partial charge in [0.1, 0.15) is 0 Å². The zero-order valence-electron chi connectivity index (χ0n) is 9.46. The van der Waals surface area contributed by atoms with Crippen molar-refractivity contribution >= 4 is 0 Å². The highest BCUT2D eigenvalue weighted by Crippen LogP contribution is 2.14. The molecule has 0 aliphatic heterocycles. The maximum absolute atomic E-state index is 5.74. The molecule has 0 aromatic carbocycles. The van der Waals surface area contributed by atoms with Crippen LogP contribution in [0.1, 0.15) is 24.1 Å². The molecule has 0 fully saturated rings. The first-order valence-electron chi connectivity index (χ1n) is 5.13. The predicted octanol–water partition coefficient (Wildman–Crippen LogP) is 1.56. The summed E-state index contributed by atoms with van der Waals surface area (Å²) in [5, 5.41) is 3.36. The van der Waals surface area contributed by atoms with Crippen LogP contribution in [0.4, 0.5) is 0 Å². The Balaban J connectivity index is 2.74. The molecule has 0 spiro atoms. The topological polar surface area (TPSA) is 50.9 Å². The van der Waals surface area contributed by atoms with Crippen LogP contribution in [0, 0.1) is 6.92 Å². The predicted molar refractivity (Wildman–Crippen MR) is 63.6 cm³/mol. The van der Waals surface area contributed by atoms with Crippen LogP contribution in [0.2, 0.25) is 0 Å². The highest BCUT2D eigenvalue weighted by Gasteiger charge is 2.10. The molecule has 0 bridgehead atoms. The standard InChI is InChI=1S/C12H19N3/c1-9(2)7-15-12(6-13)11-8-14-5-4-10(11)3/h4-5,8,12,15H,1,6-7,13H2,2-3H3. The molecule has 1 unspecified atom stereocenters. The highest BCUT2D eigenvalue weighted by molar-refractivity contribution is 5.25. The summed E-state index contributed by atoms with van der Waals surface area (Å²) in [6, 6.07) is 2.16. The van der Waals surface area contributed by atoms with Crippen LogP contribution in [-0.2, 0) is 0 Å². The summed E-state index contributed by atoms with van der Waals surface area (Å²) < 4.78 is 0. The molecule has 0 radical (unpaired) electrons. The average Bonchev–Trinajstić information content (AvgIpc) is 2.21. The minimum Gasteiger partial charge on any atom is -0.329 e. The molecule has 3 nitrogen and oxygen atoms in total. The van der Waals surface area contributed by atoms with Crippen LogP contribution in [0.3, 0.4) is 0 Å². The van der Waals surface area contributed by atoms with E-state index in [0.717, 1.165) is 12.1 Å². The largest absolute Gasteiger partial charge is 0.329 e. The van der Waals surface area contributed by atoms with Gasteiger partial charge in [-0.3, -0.25) is 4.98 Å². The number of hydrogen-bond acceptors (Lipinski definition) is 3. The Morgan fingerprint density at radius 3 is 2.93 bits per heavy atom. The van der Waals surface area contributed by atoms with E-state index in [1.54, 1.807) is 6.20 Å². The fourth-order valence-corrected chi connectivity index (χ4v) is 1.46. The van der Waals surface area contributed by atoms with Crippen molar-refractivity contribution in [3.8, 4) is 0 Å². The molecule has 0 aliphatic rings. The molecule has 1 aromatic heterocycles. The summed E-state index contributed by atoms with van der Waals surface area (Å²) in [6.45, 7) is 9.28. The van der Waals surface area contributed by atoms with Crippen molar-refractivity contribution in [3.05, 3.63) is 41.7 Å². The Labute approximate surface area is 91.4 Å². The van der Waals surface area contributed by atoms with Gasteiger partial charge in [0.05, 0.1) is 0 Å². The van der Waals surface area contributed by atoms with Gasteiger partial charge >= 0.3 is 0 Å². The number of rotatable bonds is 5. The molecule has 1 rings (SSSR count). The normalized spacial score (nSPS) is 12.5. The number of aromatic nitrogens is 1. The molecule has 3 N–H and O–H groups in total. The van der Waals surface area contributed by atoms with Gasteiger partial charge in [-0.2, -0.15) is 0 Å². The summed E-state index contributed by atoms with van der Waals surface area (Å²) in [6.07, 6.45) is 3.67. The van der Waals surface area contributed by atoms with E-state index in [-0.39, 0.29) is 6.04 Å². The molecular formula is C12H19N3. The second-order valence-electron chi connectivity index (χ2n) is 3.86. The van der Waals surface area contributed by atoms with Gasteiger partial charge in [0.2, 0.25) is 0 Å². The minimum absolute atomic E-state index is 0.162. The summed E-state index contributed by atoms with van der Waals surface area (Å²) >= 11 is 0. The molecule has 0 aliphatic carbocycles. The number of nitrogens with two attached hydrogens (primary N) is 1. The first-order valence-corrected chi connectivity index (χ1v) is 5.13. The fourth-order valence-electron chi connectivity index (χ4n) is 1.46. The van der Waals surface area contributed by atoms with E-state index in [1.807, 2.05) is 19.2 Å². The SMILES string of the molecule is C=C(C)CNC(CN)c1cnccc1C. The van der Waals surface area contributed by atoms with Gasteiger partial charge < -0.3 is 11.1 Å². The lowest BCUT2D eigenvalue weighted by Gasteiger charge is -2.18. The van der Waals surface area contributed by atoms with Crippen molar-refractivity contribution in [2.24, 2.45) is 5.73 Å². The molecule has 1 atom stereocenters. The van der Waals surface area contributed by atoms with Gasteiger partial charge in [-0.1, -0.05) is 12.2 Å². The Kier molecular flexibility index (Phi) is 4.46. The summed E-state index contributed by atoms with van der Waals surface area (Å²) in [5.41, 5.74) is 9.23. The number of hydrogen-bond donors (Lipinski definition) is 2. The second-order valence-corrected chi connectivity index (χ2v) is 3.86. The van der Waals surface area contributed by atoms with Crippen molar-refractivity contribution in [1.29, 1.82) is 0 Å². The summed E-state index contributed by atoms with van der Waals surface area (Å²) in [4.78, 5) is 4.12. The van der Waals surface area contributed by atoms with Gasteiger partial charge in [0.15, 0.2) is 0 Å². The highest BCUT2D eigenvalue weighted by atomic mass is 14.9. The van der Waals surface area contributed by atoms with Crippen LogP contribution >= 0.6 is 0 Å². The van der Waals surface area contributed by atoms with E-state index in [1.165, 1.54) is 11.1 Å². The van der Waals surface area contributed by atoms with Crippen LogP contribution in [0.15, 0.2) is 30.6 Å². The van der Waals surface area contributed by atoms with Crippen LogP contribution in [-0.4, -0.2) is 18.1 Å². The zero-order chi connectivity index (χ0) is 11.3. The van der Waals surface area contributed by atoms with Crippen molar-refractivity contribution in [3.63, 3.8) is 0 Å². The first kappa shape index (κ1) is 11.9.